The monoisotopic (exact) mass is 260 g/mol. The molecule has 3 heteroatoms. The van der Waals surface area contributed by atoms with Crippen LogP contribution in [0.2, 0.25) is 0 Å². The second-order valence-corrected chi connectivity index (χ2v) is 5.91. The molecule has 0 amide bonds. The number of aromatic hydroxyl groups is 1. The second-order valence-electron chi connectivity index (χ2n) is 5.91. The summed E-state index contributed by atoms with van der Waals surface area (Å²) in [7, 11) is 0. The van der Waals surface area contributed by atoms with Crippen LogP contribution in [0.5, 0.6) is 5.75 Å². The molecule has 2 aliphatic rings. The summed E-state index contributed by atoms with van der Waals surface area (Å²) < 4.78 is 0. The Morgan fingerprint density at radius 3 is 2.84 bits per heavy atom. The van der Waals surface area contributed by atoms with E-state index in [-0.39, 0.29) is 0 Å². The van der Waals surface area contributed by atoms with Crippen molar-refractivity contribution in [1.29, 1.82) is 0 Å². The Morgan fingerprint density at radius 1 is 1.16 bits per heavy atom. The number of para-hydroxylation sites is 1. The molecule has 1 saturated carbocycles. The Labute approximate surface area is 115 Å². The topological polar surface area (TPSA) is 44.3 Å². The number of phenols is 1. The van der Waals surface area contributed by atoms with E-state index in [1.165, 1.54) is 38.6 Å². The maximum absolute atomic E-state index is 9.81. The average molecular weight is 260 g/mol. The van der Waals surface area contributed by atoms with Crippen LogP contribution in [0.3, 0.4) is 0 Å². The molecule has 1 aromatic carbocycles. The Bertz CT molecular complexity index is 415. The van der Waals surface area contributed by atoms with E-state index in [0.29, 0.717) is 17.8 Å². The van der Waals surface area contributed by atoms with Gasteiger partial charge in [0.15, 0.2) is 0 Å². The molecule has 0 spiro atoms. The number of phenolic OH excluding ortho intramolecular Hbond substituents is 1. The predicted octanol–water partition coefficient (Wildman–Crippen LogP) is 2.40. The van der Waals surface area contributed by atoms with Gasteiger partial charge in [0.1, 0.15) is 5.75 Å². The van der Waals surface area contributed by atoms with E-state index < -0.39 is 0 Å². The lowest BCUT2D eigenvalue weighted by atomic mass is 9.93. The van der Waals surface area contributed by atoms with Gasteiger partial charge in [-0.05, 0) is 44.2 Å². The van der Waals surface area contributed by atoms with E-state index in [2.05, 4.69) is 10.6 Å². The zero-order chi connectivity index (χ0) is 13.1. The van der Waals surface area contributed by atoms with Crippen molar-refractivity contribution in [3.8, 4) is 5.75 Å². The van der Waals surface area contributed by atoms with E-state index >= 15 is 0 Å². The summed E-state index contributed by atoms with van der Waals surface area (Å²) in [6.45, 7) is 1.97. The molecule has 104 valence electrons. The van der Waals surface area contributed by atoms with Gasteiger partial charge in [-0.1, -0.05) is 24.6 Å². The molecular formula is C16H24N2O. The maximum Gasteiger partial charge on any atom is 0.120 e. The minimum absolute atomic E-state index is 0.406. The van der Waals surface area contributed by atoms with Crippen LogP contribution < -0.4 is 10.6 Å². The SMILES string of the molecule is Oc1ccccc1CNC1CCCC1C1CCCN1. The first-order chi connectivity index (χ1) is 9.34. The number of hydrogen-bond acceptors (Lipinski definition) is 3. The number of rotatable bonds is 4. The van der Waals surface area contributed by atoms with Crippen LogP contribution in [0.4, 0.5) is 0 Å². The van der Waals surface area contributed by atoms with Gasteiger partial charge in [-0.25, -0.2) is 0 Å². The summed E-state index contributed by atoms with van der Waals surface area (Å²) in [6, 6.07) is 8.95. The highest BCUT2D eigenvalue weighted by molar-refractivity contribution is 5.31. The molecule has 1 aliphatic carbocycles. The summed E-state index contributed by atoms with van der Waals surface area (Å²) in [5, 5.41) is 17.1. The van der Waals surface area contributed by atoms with Gasteiger partial charge in [-0.3, -0.25) is 0 Å². The van der Waals surface area contributed by atoms with E-state index in [0.717, 1.165) is 18.0 Å². The van der Waals surface area contributed by atoms with Crippen molar-refractivity contribution in [3.63, 3.8) is 0 Å². The first-order valence-electron chi connectivity index (χ1n) is 7.58. The second kappa shape index (κ2) is 5.93. The van der Waals surface area contributed by atoms with E-state index in [4.69, 9.17) is 0 Å². The molecule has 1 saturated heterocycles. The Hall–Kier alpha value is -1.06. The van der Waals surface area contributed by atoms with Gasteiger partial charge in [0, 0.05) is 24.2 Å². The molecule has 1 aliphatic heterocycles. The van der Waals surface area contributed by atoms with Crippen molar-refractivity contribution < 1.29 is 5.11 Å². The van der Waals surface area contributed by atoms with Gasteiger partial charge in [-0.2, -0.15) is 0 Å². The van der Waals surface area contributed by atoms with Gasteiger partial charge in [-0.15, -0.1) is 0 Å². The Balaban J connectivity index is 1.58. The van der Waals surface area contributed by atoms with Crippen LogP contribution in [0, 0.1) is 5.92 Å². The molecule has 3 rings (SSSR count). The van der Waals surface area contributed by atoms with Gasteiger partial charge >= 0.3 is 0 Å². The summed E-state index contributed by atoms with van der Waals surface area (Å²) in [4.78, 5) is 0. The molecule has 0 aromatic heterocycles. The number of nitrogens with one attached hydrogen (secondary N) is 2. The van der Waals surface area contributed by atoms with Crippen LogP contribution in [0.25, 0.3) is 0 Å². The zero-order valence-electron chi connectivity index (χ0n) is 11.4. The lowest BCUT2D eigenvalue weighted by molar-refractivity contribution is 0.318. The normalized spacial score (nSPS) is 30.8. The van der Waals surface area contributed by atoms with Crippen molar-refractivity contribution in [2.45, 2.75) is 50.7 Å². The fourth-order valence-corrected chi connectivity index (χ4v) is 3.70. The highest BCUT2D eigenvalue weighted by atomic mass is 16.3. The van der Waals surface area contributed by atoms with Crippen molar-refractivity contribution in [1.82, 2.24) is 10.6 Å². The van der Waals surface area contributed by atoms with Crippen molar-refractivity contribution in [3.05, 3.63) is 29.8 Å². The lowest BCUT2D eigenvalue weighted by Gasteiger charge is -2.26. The first-order valence-corrected chi connectivity index (χ1v) is 7.58. The molecule has 0 bridgehead atoms. The largest absolute Gasteiger partial charge is 0.508 e. The molecule has 19 heavy (non-hydrogen) atoms. The third kappa shape index (κ3) is 2.93. The van der Waals surface area contributed by atoms with E-state index in [1.807, 2.05) is 18.2 Å². The molecule has 3 nitrogen and oxygen atoms in total. The summed E-state index contributed by atoms with van der Waals surface area (Å²) in [6.07, 6.45) is 6.61. The van der Waals surface area contributed by atoms with E-state index in [9.17, 15) is 5.11 Å². The van der Waals surface area contributed by atoms with Gasteiger partial charge in [0.25, 0.3) is 0 Å². The van der Waals surface area contributed by atoms with Crippen LogP contribution >= 0.6 is 0 Å². The fraction of sp³-hybridized carbons (Fsp3) is 0.625. The van der Waals surface area contributed by atoms with Gasteiger partial charge < -0.3 is 15.7 Å². The Kier molecular flexibility index (Phi) is 4.04. The zero-order valence-corrected chi connectivity index (χ0v) is 11.4. The predicted molar refractivity (Wildman–Crippen MR) is 77.1 cm³/mol. The molecule has 1 aromatic rings. The minimum atomic E-state index is 0.406. The van der Waals surface area contributed by atoms with Crippen LogP contribution in [-0.2, 0) is 6.54 Å². The average Bonchev–Trinajstić information content (AvgIpc) is 3.08. The van der Waals surface area contributed by atoms with Crippen LogP contribution in [0.15, 0.2) is 24.3 Å². The molecule has 2 fully saturated rings. The highest BCUT2D eigenvalue weighted by Crippen LogP contribution is 2.32. The molecule has 1 heterocycles. The quantitative estimate of drug-likeness (QED) is 0.779. The summed E-state index contributed by atoms with van der Waals surface area (Å²) in [5.41, 5.74) is 1.01. The third-order valence-electron chi connectivity index (χ3n) is 4.73. The van der Waals surface area contributed by atoms with Crippen molar-refractivity contribution in [2.24, 2.45) is 5.92 Å². The first kappa shape index (κ1) is 12.9. The maximum atomic E-state index is 9.81. The molecule has 3 unspecified atom stereocenters. The van der Waals surface area contributed by atoms with Gasteiger partial charge in [0.2, 0.25) is 0 Å². The standard InChI is InChI=1S/C16H24N2O/c19-16-9-2-1-5-12(16)11-18-15-7-3-6-13(15)14-8-4-10-17-14/h1-2,5,9,13-15,17-19H,3-4,6-8,10-11H2. The fourth-order valence-electron chi connectivity index (χ4n) is 3.70. The lowest BCUT2D eigenvalue weighted by Crippen LogP contribution is -2.41. The minimum Gasteiger partial charge on any atom is -0.508 e. The Morgan fingerprint density at radius 2 is 2.05 bits per heavy atom. The third-order valence-corrected chi connectivity index (χ3v) is 4.73. The number of benzene rings is 1. The van der Waals surface area contributed by atoms with E-state index in [1.54, 1.807) is 6.07 Å². The van der Waals surface area contributed by atoms with Crippen molar-refractivity contribution in [2.75, 3.05) is 6.54 Å². The summed E-state index contributed by atoms with van der Waals surface area (Å²) >= 11 is 0. The van der Waals surface area contributed by atoms with Crippen LogP contribution in [0.1, 0.15) is 37.7 Å². The van der Waals surface area contributed by atoms with Gasteiger partial charge in [0.05, 0.1) is 0 Å². The smallest absolute Gasteiger partial charge is 0.120 e. The van der Waals surface area contributed by atoms with Crippen LogP contribution in [-0.4, -0.2) is 23.7 Å². The molecular weight excluding hydrogens is 236 g/mol. The molecule has 3 atom stereocenters. The molecule has 0 radical (unpaired) electrons. The van der Waals surface area contributed by atoms with Crippen molar-refractivity contribution >= 4 is 0 Å². The summed E-state index contributed by atoms with van der Waals surface area (Å²) in [5.74, 6) is 1.18. The number of hydrogen-bond donors (Lipinski definition) is 3. The molecule has 3 N–H and O–H groups in total. The highest BCUT2D eigenvalue weighted by Gasteiger charge is 2.34.